The van der Waals surface area contributed by atoms with E-state index in [1.54, 1.807) is 24.3 Å². The van der Waals surface area contributed by atoms with Crippen molar-refractivity contribution < 1.29 is 9.13 Å². The summed E-state index contributed by atoms with van der Waals surface area (Å²) in [5, 5.41) is 4.05. The van der Waals surface area contributed by atoms with Gasteiger partial charge >= 0.3 is 0 Å². The third-order valence-electron chi connectivity index (χ3n) is 3.29. The van der Waals surface area contributed by atoms with Crippen molar-refractivity contribution in [3.63, 3.8) is 0 Å². The van der Waals surface area contributed by atoms with Crippen LogP contribution in [0.5, 0.6) is 11.5 Å². The van der Waals surface area contributed by atoms with E-state index in [1.807, 2.05) is 6.07 Å². The molecule has 0 aromatic heterocycles. The third kappa shape index (κ3) is 3.96. The average molecular weight is 371 g/mol. The maximum atomic E-state index is 13.8. The van der Waals surface area contributed by atoms with E-state index in [0.717, 1.165) is 10.0 Å². The molecule has 0 bridgehead atoms. The third-order valence-corrected chi connectivity index (χ3v) is 4.02. The first kappa shape index (κ1) is 14.8. The summed E-state index contributed by atoms with van der Waals surface area (Å²) >= 11 is 9.36. The summed E-state index contributed by atoms with van der Waals surface area (Å²) in [6.45, 7) is 0.663. The van der Waals surface area contributed by atoms with E-state index >= 15 is 0 Å². The zero-order valence-corrected chi connectivity index (χ0v) is 13.5. The molecule has 0 radical (unpaired) electrons. The van der Waals surface area contributed by atoms with Gasteiger partial charge in [0.2, 0.25) is 0 Å². The van der Waals surface area contributed by atoms with Crippen LogP contribution < -0.4 is 10.1 Å². The molecule has 0 saturated heterocycles. The summed E-state index contributed by atoms with van der Waals surface area (Å²) < 4.78 is 20.3. The molecule has 0 unspecified atom stereocenters. The normalized spacial score (nSPS) is 14.2. The van der Waals surface area contributed by atoms with Gasteiger partial charge < -0.3 is 10.1 Å². The van der Waals surface area contributed by atoms with Crippen LogP contribution >= 0.6 is 27.5 Å². The first-order valence-electron chi connectivity index (χ1n) is 6.76. The fourth-order valence-electron chi connectivity index (χ4n) is 2.00. The molecule has 2 nitrogen and oxygen atoms in total. The number of hydrogen-bond acceptors (Lipinski definition) is 2. The predicted octanol–water partition coefficient (Wildman–Crippen LogP) is 5.29. The lowest BCUT2D eigenvalue weighted by molar-refractivity contribution is 0.435. The van der Waals surface area contributed by atoms with E-state index in [9.17, 15) is 4.39 Å². The Labute approximate surface area is 136 Å². The smallest absolute Gasteiger partial charge is 0.165 e. The molecule has 0 atom stereocenters. The van der Waals surface area contributed by atoms with Gasteiger partial charge in [-0.1, -0.05) is 27.5 Å². The molecular weight excluding hydrogens is 357 g/mol. The SMILES string of the molecule is Fc1ccc(Br)cc1Oc1ccc(Cl)cc1CNC1CC1. The maximum absolute atomic E-state index is 13.8. The second-order valence-corrected chi connectivity index (χ2v) is 6.44. The Balaban J connectivity index is 1.84. The van der Waals surface area contributed by atoms with Crippen molar-refractivity contribution in [1.82, 2.24) is 5.32 Å². The Bertz CT molecular complexity index is 661. The van der Waals surface area contributed by atoms with Crippen molar-refractivity contribution in [3.05, 3.63) is 57.3 Å². The molecule has 1 N–H and O–H groups in total. The van der Waals surface area contributed by atoms with Gasteiger partial charge in [0.25, 0.3) is 0 Å². The molecule has 5 heteroatoms. The van der Waals surface area contributed by atoms with Crippen LogP contribution in [0.2, 0.25) is 5.02 Å². The summed E-state index contributed by atoms with van der Waals surface area (Å²) in [4.78, 5) is 0. The Kier molecular flexibility index (Phi) is 4.48. The highest BCUT2D eigenvalue weighted by molar-refractivity contribution is 9.10. The topological polar surface area (TPSA) is 21.3 Å². The van der Waals surface area contributed by atoms with Crippen LogP contribution in [-0.4, -0.2) is 6.04 Å². The van der Waals surface area contributed by atoms with E-state index in [2.05, 4.69) is 21.2 Å². The highest BCUT2D eigenvalue weighted by atomic mass is 79.9. The van der Waals surface area contributed by atoms with Gasteiger partial charge in [-0.05, 0) is 49.2 Å². The molecule has 1 aliphatic carbocycles. The van der Waals surface area contributed by atoms with Crippen LogP contribution in [0.3, 0.4) is 0 Å². The second-order valence-electron chi connectivity index (χ2n) is 5.08. The molecular formula is C16H14BrClFNO. The number of ether oxygens (including phenoxy) is 1. The highest BCUT2D eigenvalue weighted by Gasteiger charge is 2.21. The number of hydrogen-bond donors (Lipinski definition) is 1. The van der Waals surface area contributed by atoms with E-state index in [1.165, 1.54) is 18.9 Å². The Hall–Kier alpha value is -1.10. The van der Waals surface area contributed by atoms with Crippen LogP contribution in [0.15, 0.2) is 40.9 Å². The van der Waals surface area contributed by atoms with E-state index in [-0.39, 0.29) is 5.75 Å². The van der Waals surface area contributed by atoms with E-state index < -0.39 is 5.82 Å². The monoisotopic (exact) mass is 369 g/mol. The average Bonchev–Trinajstić information content (AvgIpc) is 3.27. The molecule has 3 rings (SSSR count). The van der Waals surface area contributed by atoms with Crippen molar-refractivity contribution in [2.45, 2.75) is 25.4 Å². The van der Waals surface area contributed by atoms with Gasteiger partial charge in [-0.25, -0.2) is 4.39 Å². The lowest BCUT2D eigenvalue weighted by Crippen LogP contribution is -2.15. The maximum Gasteiger partial charge on any atom is 0.165 e. The number of nitrogens with one attached hydrogen (secondary N) is 1. The molecule has 0 heterocycles. The highest BCUT2D eigenvalue weighted by Crippen LogP contribution is 2.32. The Morgan fingerprint density at radius 1 is 1.19 bits per heavy atom. The molecule has 1 saturated carbocycles. The minimum atomic E-state index is -0.394. The summed E-state index contributed by atoms with van der Waals surface area (Å²) in [7, 11) is 0. The fraction of sp³-hybridized carbons (Fsp3) is 0.250. The van der Waals surface area contributed by atoms with Gasteiger partial charge in [-0.3, -0.25) is 0 Å². The number of rotatable bonds is 5. The minimum absolute atomic E-state index is 0.194. The molecule has 1 aliphatic rings. The van der Waals surface area contributed by atoms with Gasteiger partial charge in [-0.15, -0.1) is 0 Å². The molecule has 110 valence electrons. The lowest BCUT2D eigenvalue weighted by Gasteiger charge is -2.13. The zero-order chi connectivity index (χ0) is 14.8. The van der Waals surface area contributed by atoms with Crippen molar-refractivity contribution in [1.29, 1.82) is 0 Å². The first-order valence-corrected chi connectivity index (χ1v) is 7.93. The molecule has 0 spiro atoms. The zero-order valence-electron chi connectivity index (χ0n) is 11.2. The lowest BCUT2D eigenvalue weighted by atomic mass is 10.2. The van der Waals surface area contributed by atoms with Crippen molar-refractivity contribution in [2.75, 3.05) is 0 Å². The van der Waals surface area contributed by atoms with Crippen molar-refractivity contribution in [3.8, 4) is 11.5 Å². The molecule has 21 heavy (non-hydrogen) atoms. The quantitative estimate of drug-likeness (QED) is 0.772. The molecule has 0 amide bonds. The number of benzene rings is 2. The van der Waals surface area contributed by atoms with E-state index in [4.69, 9.17) is 16.3 Å². The minimum Gasteiger partial charge on any atom is -0.454 e. The van der Waals surface area contributed by atoms with Gasteiger partial charge in [0.05, 0.1) is 0 Å². The Morgan fingerprint density at radius 2 is 2.00 bits per heavy atom. The van der Waals surface area contributed by atoms with Gasteiger partial charge in [0.1, 0.15) is 5.75 Å². The predicted molar refractivity (Wildman–Crippen MR) is 85.5 cm³/mol. The van der Waals surface area contributed by atoms with Crippen molar-refractivity contribution >= 4 is 27.5 Å². The van der Waals surface area contributed by atoms with Crippen LogP contribution in [0.4, 0.5) is 4.39 Å². The summed E-state index contributed by atoms with van der Waals surface area (Å²) in [6, 6.07) is 10.6. The van der Waals surface area contributed by atoms with Crippen molar-refractivity contribution in [2.24, 2.45) is 0 Å². The number of halogens is 3. The molecule has 1 fully saturated rings. The summed E-state index contributed by atoms with van der Waals surface area (Å²) in [5.41, 5.74) is 0.925. The van der Waals surface area contributed by atoms with E-state index in [0.29, 0.717) is 23.4 Å². The van der Waals surface area contributed by atoms with Crippen LogP contribution in [0.1, 0.15) is 18.4 Å². The largest absolute Gasteiger partial charge is 0.454 e. The van der Waals surface area contributed by atoms with Crippen LogP contribution in [0.25, 0.3) is 0 Å². The standard InChI is InChI=1S/C16H14BrClFNO/c17-11-1-5-14(19)16(8-11)21-15-6-2-12(18)7-10(15)9-20-13-3-4-13/h1-2,5-8,13,20H,3-4,9H2. The molecule has 2 aromatic carbocycles. The molecule has 2 aromatic rings. The van der Waals surface area contributed by atoms with Crippen LogP contribution in [0, 0.1) is 5.82 Å². The summed E-state index contributed by atoms with van der Waals surface area (Å²) in [5.74, 6) is 0.415. The second kappa shape index (κ2) is 6.34. The van der Waals surface area contributed by atoms with Gasteiger partial charge in [0, 0.05) is 27.6 Å². The first-order chi connectivity index (χ1) is 10.1. The summed E-state index contributed by atoms with van der Waals surface area (Å²) in [6.07, 6.45) is 2.41. The fourth-order valence-corrected chi connectivity index (χ4v) is 2.54. The molecule has 0 aliphatic heterocycles. The van der Waals surface area contributed by atoms with Crippen LogP contribution in [-0.2, 0) is 6.54 Å². The Morgan fingerprint density at radius 3 is 2.76 bits per heavy atom. The van der Waals surface area contributed by atoms with Gasteiger partial charge in [-0.2, -0.15) is 0 Å². The van der Waals surface area contributed by atoms with Gasteiger partial charge in [0.15, 0.2) is 11.6 Å².